The normalized spacial score (nSPS) is 18.5. The van der Waals surface area contributed by atoms with Gasteiger partial charge >= 0.3 is 0 Å². The fraction of sp³-hybridized carbons (Fsp3) is 0.684. The molecule has 4 unspecified atom stereocenters. The van der Waals surface area contributed by atoms with E-state index >= 15 is 0 Å². The van der Waals surface area contributed by atoms with Crippen LogP contribution in [-0.2, 0) is 39.0 Å². The van der Waals surface area contributed by atoms with Crippen molar-refractivity contribution in [3.05, 3.63) is 68.3 Å². The van der Waals surface area contributed by atoms with Crippen LogP contribution in [0.1, 0.15) is 185 Å². The molecule has 0 aromatic carbocycles. The van der Waals surface area contributed by atoms with Crippen molar-refractivity contribution in [2.45, 2.75) is 156 Å². The van der Waals surface area contributed by atoms with Crippen LogP contribution in [0.3, 0.4) is 0 Å². The Kier molecular flexibility index (Phi) is 10.6. The highest BCUT2D eigenvalue weighted by Gasteiger charge is 2.27. The molecule has 0 saturated heterocycles. The lowest BCUT2D eigenvalue weighted by molar-refractivity contribution is 0.515. The first kappa shape index (κ1) is 34.0. The van der Waals surface area contributed by atoms with Gasteiger partial charge in [-0.2, -0.15) is 0 Å². The summed E-state index contributed by atoms with van der Waals surface area (Å²) in [7, 11) is 0. The molecule has 0 radical (unpaired) electrons. The van der Waals surface area contributed by atoms with Crippen LogP contribution in [0.4, 0.5) is 0 Å². The Morgan fingerprint density at radius 1 is 0.426 bits per heavy atom. The molecule has 9 heteroatoms. The predicted octanol–water partition coefficient (Wildman–Crippen LogP) is 6.57. The van der Waals surface area contributed by atoms with Crippen LogP contribution >= 0.6 is 0 Å². The third-order valence-electron chi connectivity index (χ3n) is 10.6. The fourth-order valence-corrected chi connectivity index (χ4v) is 7.53. The van der Waals surface area contributed by atoms with E-state index < -0.39 is 0 Å². The van der Waals surface area contributed by atoms with E-state index in [1.807, 2.05) is 0 Å². The van der Waals surface area contributed by atoms with Crippen LogP contribution in [0.5, 0.6) is 0 Å². The topological polar surface area (TPSA) is 113 Å². The molecule has 6 heterocycles. The molecule has 6 rings (SSSR count). The second-order valence-corrected chi connectivity index (χ2v) is 15.2. The highest BCUT2D eigenvalue weighted by molar-refractivity contribution is 5.34. The number of hydrogen-bond acceptors (Lipinski definition) is 9. The summed E-state index contributed by atoms with van der Waals surface area (Å²) in [5.41, 5.74) is 11.4. The van der Waals surface area contributed by atoms with Gasteiger partial charge in [-0.15, -0.1) is 0 Å². The lowest BCUT2D eigenvalue weighted by Gasteiger charge is -2.25. The van der Waals surface area contributed by atoms with Crippen LogP contribution in [0.2, 0.25) is 0 Å². The van der Waals surface area contributed by atoms with Gasteiger partial charge < -0.3 is 16.0 Å². The van der Waals surface area contributed by atoms with E-state index in [9.17, 15) is 0 Å². The number of nitrogens with one attached hydrogen (secondary N) is 3. The Labute approximate surface area is 282 Å². The van der Waals surface area contributed by atoms with Crippen LogP contribution in [0.15, 0.2) is 0 Å². The van der Waals surface area contributed by atoms with Crippen LogP contribution < -0.4 is 16.0 Å². The maximum Gasteiger partial charge on any atom is 0.131 e. The molecule has 0 bridgehead atoms. The number of aromatic nitrogens is 6. The number of rotatable bonds is 12. The lowest BCUT2D eigenvalue weighted by Crippen LogP contribution is -2.28. The van der Waals surface area contributed by atoms with Gasteiger partial charge in [-0.05, 0) is 62.0 Å². The van der Waals surface area contributed by atoms with Gasteiger partial charge in [-0.1, -0.05) is 55.4 Å². The third-order valence-corrected chi connectivity index (χ3v) is 10.6. The molecule has 3 aromatic heterocycles. The molecule has 0 saturated carbocycles. The van der Waals surface area contributed by atoms with Crippen molar-refractivity contribution >= 4 is 0 Å². The van der Waals surface area contributed by atoms with E-state index in [2.05, 4.69) is 71.3 Å². The second-order valence-electron chi connectivity index (χ2n) is 15.2. The van der Waals surface area contributed by atoms with Crippen molar-refractivity contribution in [3.63, 3.8) is 0 Å². The Morgan fingerprint density at radius 3 is 1.57 bits per heavy atom. The summed E-state index contributed by atoms with van der Waals surface area (Å²) in [6.07, 6.45) is 6.20. The average molecular weight is 640 g/mol. The molecular formula is C38H57N9. The predicted molar refractivity (Wildman–Crippen MR) is 188 cm³/mol. The Hall–Kier alpha value is -2.88. The maximum absolute atomic E-state index is 5.32. The molecule has 0 fully saturated rings. The van der Waals surface area contributed by atoms with E-state index in [1.165, 1.54) is 50.9 Å². The Morgan fingerprint density at radius 2 is 0.894 bits per heavy atom. The molecule has 3 aromatic rings. The lowest BCUT2D eigenvalue weighted by atomic mass is 9.89. The molecule has 254 valence electrons. The molecule has 3 N–H and O–H groups in total. The van der Waals surface area contributed by atoms with E-state index in [4.69, 9.17) is 29.9 Å². The first-order valence-electron chi connectivity index (χ1n) is 18.4. The van der Waals surface area contributed by atoms with Gasteiger partial charge in [-0.3, -0.25) is 0 Å². The van der Waals surface area contributed by atoms with Gasteiger partial charge in [0.2, 0.25) is 0 Å². The third kappa shape index (κ3) is 7.42. The average Bonchev–Trinajstić information content (AvgIpc) is 3.56. The number of nitrogens with zero attached hydrogens (tertiary/aromatic N) is 6. The van der Waals surface area contributed by atoms with Gasteiger partial charge in [0.25, 0.3) is 0 Å². The largest absolute Gasteiger partial charge is 0.312 e. The van der Waals surface area contributed by atoms with Crippen molar-refractivity contribution in [3.8, 4) is 0 Å². The molecule has 3 aliphatic rings. The highest BCUT2D eigenvalue weighted by Crippen LogP contribution is 2.34. The molecule has 0 spiro atoms. The van der Waals surface area contributed by atoms with Gasteiger partial charge in [-0.25, -0.2) is 29.9 Å². The van der Waals surface area contributed by atoms with Crippen LogP contribution in [0, 0.1) is 0 Å². The van der Waals surface area contributed by atoms with Crippen molar-refractivity contribution in [2.75, 3.05) is 13.1 Å². The van der Waals surface area contributed by atoms with Gasteiger partial charge in [0, 0.05) is 68.0 Å². The summed E-state index contributed by atoms with van der Waals surface area (Å²) in [6.45, 7) is 23.6. The van der Waals surface area contributed by atoms with E-state index in [1.54, 1.807) is 0 Å². The smallest absolute Gasteiger partial charge is 0.131 e. The van der Waals surface area contributed by atoms with Crippen molar-refractivity contribution in [1.29, 1.82) is 0 Å². The monoisotopic (exact) mass is 639 g/mol. The molecule has 9 nitrogen and oxygen atoms in total. The zero-order valence-corrected chi connectivity index (χ0v) is 30.1. The first-order valence-corrected chi connectivity index (χ1v) is 18.4. The van der Waals surface area contributed by atoms with Gasteiger partial charge in [0.05, 0.1) is 34.2 Å². The van der Waals surface area contributed by atoms with E-state index in [0.717, 1.165) is 95.3 Å². The Balaban J connectivity index is 1.15. The molecule has 4 atom stereocenters. The standard InChI is InChI=1S/C38H57N9/c1-21(2)33-28-17-39-16-14-30(28)42-37(45-33)25(7)12-10-24(6)35-29-18-41-20-32(29)44-38(47-35)26(8)11-9-23(5)34-27-13-15-40-19-31(27)43-36(46-34)22(3)4/h21-26,39-41H,9-20H2,1-8H3. The van der Waals surface area contributed by atoms with E-state index in [0.29, 0.717) is 29.6 Å². The van der Waals surface area contributed by atoms with Gasteiger partial charge in [0.1, 0.15) is 17.5 Å². The number of fused-ring (bicyclic) bond motifs is 3. The van der Waals surface area contributed by atoms with Gasteiger partial charge in [0.15, 0.2) is 0 Å². The fourth-order valence-electron chi connectivity index (χ4n) is 7.53. The second kappa shape index (κ2) is 14.7. The molecule has 0 aliphatic carbocycles. The van der Waals surface area contributed by atoms with Crippen molar-refractivity contribution in [1.82, 2.24) is 45.9 Å². The quantitative estimate of drug-likeness (QED) is 0.202. The minimum atomic E-state index is 0.282. The van der Waals surface area contributed by atoms with Crippen molar-refractivity contribution < 1.29 is 0 Å². The summed E-state index contributed by atoms with van der Waals surface area (Å²) in [6, 6.07) is 0. The minimum absolute atomic E-state index is 0.282. The minimum Gasteiger partial charge on any atom is -0.312 e. The summed E-state index contributed by atoms with van der Waals surface area (Å²) in [5, 5.41) is 10.6. The summed E-state index contributed by atoms with van der Waals surface area (Å²) < 4.78 is 0. The van der Waals surface area contributed by atoms with Crippen LogP contribution in [-0.4, -0.2) is 43.0 Å². The molecular weight excluding hydrogens is 582 g/mol. The number of hydrogen-bond donors (Lipinski definition) is 3. The summed E-state index contributed by atoms with van der Waals surface area (Å²) >= 11 is 0. The van der Waals surface area contributed by atoms with Crippen LogP contribution in [0.25, 0.3) is 0 Å². The highest BCUT2D eigenvalue weighted by atomic mass is 15.0. The zero-order chi connectivity index (χ0) is 33.2. The molecule has 3 aliphatic heterocycles. The summed E-state index contributed by atoms with van der Waals surface area (Å²) in [5.74, 6) is 5.02. The summed E-state index contributed by atoms with van der Waals surface area (Å²) in [4.78, 5) is 30.7. The first-order chi connectivity index (χ1) is 22.6. The van der Waals surface area contributed by atoms with Crippen molar-refractivity contribution in [2.24, 2.45) is 0 Å². The molecule has 0 amide bonds. The zero-order valence-electron chi connectivity index (χ0n) is 30.1. The SMILES string of the molecule is CC(C)c1nc2c(c(C(C)CCC(C)c3nc4c(c(C(C)CCC(C)c5nc6c(c(C(C)C)n5)CNCC6)n3)CNC4)n1)CCNC2. The van der Waals surface area contributed by atoms with E-state index in [-0.39, 0.29) is 5.92 Å². The maximum atomic E-state index is 5.32. The Bertz CT molecular complexity index is 1570. The molecule has 47 heavy (non-hydrogen) atoms.